The zero-order valence-corrected chi connectivity index (χ0v) is 8.70. The van der Waals surface area contributed by atoms with Crippen molar-refractivity contribution in [1.29, 1.82) is 0 Å². The fourth-order valence-corrected chi connectivity index (χ4v) is 1.72. The summed E-state index contributed by atoms with van der Waals surface area (Å²) < 4.78 is 12.9. The number of halogens is 1. The lowest BCUT2D eigenvalue weighted by atomic mass is 10.2. The Morgan fingerprint density at radius 1 is 1.43 bits per heavy atom. The monoisotopic (exact) mass is 230 g/mol. The molecule has 0 spiro atoms. The zero-order valence-electron chi connectivity index (χ0n) is 7.07. The third kappa shape index (κ3) is 3.17. The van der Waals surface area contributed by atoms with Crippen LogP contribution in [0, 0.1) is 5.82 Å². The molecule has 0 unspecified atom stereocenters. The minimum absolute atomic E-state index is 0.337. The molecule has 74 valence electrons. The van der Waals surface area contributed by atoms with Crippen molar-refractivity contribution < 1.29 is 14.3 Å². The Bertz CT molecular complexity index is 348. The van der Waals surface area contributed by atoms with Crippen LogP contribution in [-0.4, -0.2) is 21.0 Å². The van der Waals surface area contributed by atoms with Crippen molar-refractivity contribution >= 4 is 33.3 Å². The quantitative estimate of drug-likeness (QED) is 0.785. The van der Waals surface area contributed by atoms with Crippen LogP contribution in [0.5, 0.6) is 0 Å². The van der Waals surface area contributed by atoms with E-state index in [1.165, 1.54) is 24.3 Å². The molecule has 1 aromatic rings. The second-order valence-electron chi connectivity index (χ2n) is 2.43. The average Bonchev–Trinajstić information content (AvgIpc) is 2.18. The number of rotatable bonds is 2. The number of benzene rings is 1. The molecule has 0 bridgehead atoms. The van der Waals surface area contributed by atoms with Crippen molar-refractivity contribution in [2.24, 2.45) is 0 Å². The minimum atomic E-state index is -0.550. The fraction of sp³-hybridized carbons (Fsp3) is 0.111. The maximum atomic E-state index is 12.5. The van der Waals surface area contributed by atoms with Crippen molar-refractivity contribution in [3.05, 3.63) is 35.6 Å². The second kappa shape index (κ2) is 5.19. The first-order chi connectivity index (χ1) is 6.63. The summed E-state index contributed by atoms with van der Waals surface area (Å²) in [5, 5.41) is 8.07. The van der Waals surface area contributed by atoms with Crippen molar-refractivity contribution in [3.63, 3.8) is 0 Å². The van der Waals surface area contributed by atoms with Gasteiger partial charge in [-0.15, -0.1) is 0 Å². The SMILES string of the molecule is O=C(CO)SC(=S)c1ccc(F)cc1. The first-order valence-electron chi connectivity index (χ1n) is 3.75. The van der Waals surface area contributed by atoms with Gasteiger partial charge in [0.2, 0.25) is 5.12 Å². The van der Waals surface area contributed by atoms with E-state index in [2.05, 4.69) is 0 Å². The fourth-order valence-electron chi connectivity index (χ4n) is 0.781. The molecular weight excluding hydrogens is 223 g/mol. The van der Waals surface area contributed by atoms with Gasteiger partial charge in [0.25, 0.3) is 0 Å². The molecule has 0 saturated carbocycles. The standard InChI is InChI=1S/C9H7FO2S2/c10-7-3-1-6(2-4-7)9(13)14-8(12)5-11/h1-4,11H,5H2. The van der Waals surface area contributed by atoms with Crippen LogP contribution in [0.4, 0.5) is 4.39 Å². The number of hydrogen-bond acceptors (Lipinski definition) is 4. The number of aliphatic hydroxyl groups excluding tert-OH is 1. The third-order valence-corrected chi connectivity index (χ3v) is 2.68. The van der Waals surface area contributed by atoms with E-state index in [0.717, 1.165) is 11.8 Å². The van der Waals surface area contributed by atoms with Gasteiger partial charge in [-0.3, -0.25) is 4.79 Å². The number of carbonyl (C=O) groups is 1. The van der Waals surface area contributed by atoms with E-state index < -0.39 is 11.7 Å². The topological polar surface area (TPSA) is 37.3 Å². The number of hydrogen-bond donors (Lipinski definition) is 1. The van der Waals surface area contributed by atoms with Crippen molar-refractivity contribution in [3.8, 4) is 0 Å². The van der Waals surface area contributed by atoms with E-state index in [9.17, 15) is 9.18 Å². The van der Waals surface area contributed by atoms with Crippen LogP contribution in [-0.2, 0) is 4.79 Å². The molecule has 0 fully saturated rings. The molecule has 1 N–H and O–H groups in total. The molecule has 0 radical (unpaired) electrons. The molecule has 14 heavy (non-hydrogen) atoms. The van der Waals surface area contributed by atoms with Crippen LogP contribution in [0.2, 0.25) is 0 Å². The molecule has 0 aromatic heterocycles. The van der Waals surface area contributed by atoms with Gasteiger partial charge in [0.1, 0.15) is 12.4 Å². The van der Waals surface area contributed by atoms with Gasteiger partial charge in [0.15, 0.2) is 0 Å². The molecule has 0 aliphatic carbocycles. The van der Waals surface area contributed by atoms with E-state index in [1.807, 2.05) is 0 Å². The number of thioether (sulfide) groups is 1. The molecular formula is C9H7FO2S2. The van der Waals surface area contributed by atoms with Gasteiger partial charge >= 0.3 is 0 Å². The Kier molecular flexibility index (Phi) is 4.19. The number of carbonyl (C=O) groups excluding carboxylic acids is 1. The first-order valence-corrected chi connectivity index (χ1v) is 4.97. The van der Waals surface area contributed by atoms with E-state index in [1.54, 1.807) is 0 Å². The maximum absolute atomic E-state index is 12.5. The van der Waals surface area contributed by atoms with Gasteiger partial charge in [0.05, 0.1) is 4.20 Å². The summed E-state index contributed by atoms with van der Waals surface area (Å²) in [4.78, 5) is 10.8. The lowest BCUT2D eigenvalue weighted by Crippen LogP contribution is -2.02. The number of aliphatic hydroxyl groups is 1. The van der Waals surface area contributed by atoms with Crippen molar-refractivity contribution in [2.45, 2.75) is 0 Å². The summed E-state index contributed by atoms with van der Waals surface area (Å²) in [5.74, 6) is -0.352. The molecule has 0 heterocycles. The smallest absolute Gasteiger partial charge is 0.219 e. The maximum Gasteiger partial charge on any atom is 0.219 e. The van der Waals surface area contributed by atoms with Gasteiger partial charge in [0, 0.05) is 0 Å². The summed E-state index contributed by atoms with van der Waals surface area (Å²) >= 11 is 5.69. The molecule has 0 saturated heterocycles. The van der Waals surface area contributed by atoms with E-state index in [-0.39, 0.29) is 5.82 Å². The van der Waals surface area contributed by atoms with Gasteiger partial charge in [-0.2, -0.15) is 0 Å². The van der Waals surface area contributed by atoms with Crippen LogP contribution in [0.3, 0.4) is 0 Å². The number of thiocarbonyl (C=S) groups is 1. The molecule has 0 atom stereocenters. The Balaban J connectivity index is 2.70. The van der Waals surface area contributed by atoms with Crippen LogP contribution < -0.4 is 0 Å². The summed E-state index contributed by atoms with van der Waals surface area (Å²) in [5.41, 5.74) is 0.605. The van der Waals surface area contributed by atoms with E-state index in [4.69, 9.17) is 17.3 Å². The predicted molar refractivity (Wildman–Crippen MR) is 57.8 cm³/mol. The van der Waals surface area contributed by atoms with Crippen LogP contribution >= 0.6 is 24.0 Å². The molecule has 0 aliphatic heterocycles. The minimum Gasteiger partial charge on any atom is -0.388 e. The largest absolute Gasteiger partial charge is 0.388 e. The highest BCUT2D eigenvalue weighted by molar-refractivity contribution is 8.33. The second-order valence-corrected chi connectivity index (χ2v) is 4.16. The molecule has 0 aliphatic rings. The summed E-state index contributed by atoms with van der Waals surface area (Å²) in [7, 11) is 0. The molecule has 5 heteroatoms. The van der Waals surface area contributed by atoms with Gasteiger partial charge in [-0.1, -0.05) is 24.4 Å². The normalized spacial score (nSPS) is 9.86. The van der Waals surface area contributed by atoms with Crippen LogP contribution in [0.1, 0.15) is 5.56 Å². The Hall–Kier alpha value is -0.780. The van der Waals surface area contributed by atoms with E-state index >= 15 is 0 Å². The highest BCUT2D eigenvalue weighted by Crippen LogP contribution is 2.15. The van der Waals surface area contributed by atoms with Crippen LogP contribution in [0.15, 0.2) is 24.3 Å². The van der Waals surface area contributed by atoms with Crippen LogP contribution in [0.25, 0.3) is 0 Å². The van der Waals surface area contributed by atoms with Crippen molar-refractivity contribution in [2.75, 3.05) is 6.61 Å². The lowest BCUT2D eigenvalue weighted by Gasteiger charge is -2.00. The molecule has 1 rings (SSSR count). The summed E-state index contributed by atoms with van der Waals surface area (Å²) in [6.07, 6.45) is 0. The summed E-state index contributed by atoms with van der Waals surface area (Å²) in [6.45, 7) is -0.550. The van der Waals surface area contributed by atoms with E-state index in [0.29, 0.717) is 9.76 Å². The first kappa shape index (κ1) is 11.3. The van der Waals surface area contributed by atoms with Gasteiger partial charge < -0.3 is 5.11 Å². The Labute approximate surface area is 90.1 Å². The highest BCUT2D eigenvalue weighted by atomic mass is 32.2. The average molecular weight is 230 g/mol. The molecule has 0 amide bonds. The lowest BCUT2D eigenvalue weighted by molar-refractivity contribution is -0.113. The Morgan fingerprint density at radius 3 is 2.50 bits per heavy atom. The molecule has 2 nitrogen and oxygen atoms in total. The highest BCUT2D eigenvalue weighted by Gasteiger charge is 2.07. The van der Waals surface area contributed by atoms with Crippen molar-refractivity contribution in [1.82, 2.24) is 0 Å². The van der Waals surface area contributed by atoms with Gasteiger partial charge in [-0.25, -0.2) is 4.39 Å². The van der Waals surface area contributed by atoms with Gasteiger partial charge in [-0.05, 0) is 29.5 Å². The molecule has 1 aromatic carbocycles. The Morgan fingerprint density at radius 2 is 2.00 bits per heavy atom. The zero-order chi connectivity index (χ0) is 10.6. The third-order valence-electron chi connectivity index (χ3n) is 1.42. The predicted octanol–water partition coefficient (Wildman–Crippen LogP) is 1.75. The summed E-state index contributed by atoms with van der Waals surface area (Å²) in [6, 6.07) is 5.53.